The summed E-state index contributed by atoms with van der Waals surface area (Å²) in [4.78, 5) is 31.0. The molecule has 0 aliphatic rings. The predicted molar refractivity (Wildman–Crippen MR) is 74.7 cm³/mol. The number of hydrazine groups is 1. The average molecular weight is 280 g/mol. The fourth-order valence-electron chi connectivity index (χ4n) is 1.37. The van der Waals surface area contributed by atoms with Crippen LogP contribution in [0.4, 0.5) is 5.82 Å². The zero-order valence-corrected chi connectivity index (χ0v) is 11.6. The van der Waals surface area contributed by atoms with E-state index >= 15 is 0 Å². The van der Waals surface area contributed by atoms with E-state index in [1.165, 1.54) is 12.4 Å². The standard InChI is InChI=1S/C12H20N6O2/c1-3-8(2)16-11(19)4-5-15-12(20)9-6-14-7-10(17-9)18-13/h6-8H,3-5,13H2,1-2H3,(H,15,20)(H,16,19)(H,17,18). The van der Waals surface area contributed by atoms with Gasteiger partial charge in [-0.3, -0.25) is 14.6 Å². The Hall–Kier alpha value is -2.22. The third-order valence-corrected chi connectivity index (χ3v) is 2.67. The Kier molecular flexibility index (Phi) is 6.38. The summed E-state index contributed by atoms with van der Waals surface area (Å²) >= 11 is 0. The topological polar surface area (TPSA) is 122 Å². The minimum atomic E-state index is -0.397. The van der Waals surface area contributed by atoms with E-state index in [4.69, 9.17) is 5.84 Å². The van der Waals surface area contributed by atoms with Crippen molar-refractivity contribution in [3.8, 4) is 0 Å². The van der Waals surface area contributed by atoms with E-state index in [9.17, 15) is 9.59 Å². The third-order valence-electron chi connectivity index (χ3n) is 2.67. The van der Waals surface area contributed by atoms with Gasteiger partial charge in [-0.1, -0.05) is 6.92 Å². The Bertz CT molecular complexity index is 465. The Morgan fingerprint density at radius 3 is 2.80 bits per heavy atom. The summed E-state index contributed by atoms with van der Waals surface area (Å²) in [6.45, 7) is 4.16. The normalized spacial score (nSPS) is 11.6. The van der Waals surface area contributed by atoms with Crippen molar-refractivity contribution in [1.82, 2.24) is 20.6 Å². The van der Waals surface area contributed by atoms with Gasteiger partial charge in [-0.05, 0) is 13.3 Å². The first kappa shape index (κ1) is 15.8. The van der Waals surface area contributed by atoms with Crippen LogP contribution in [0.25, 0.3) is 0 Å². The van der Waals surface area contributed by atoms with Crippen molar-refractivity contribution in [3.05, 3.63) is 18.1 Å². The number of carbonyl (C=O) groups is 2. The quantitative estimate of drug-likeness (QED) is 0.405. The summed E-state index contributed by atoms with van der Waals surface area (Å²) in [5, 5.41) is 5.42. The molecule has 1 aromatic heterocycles. The maximum Gasteiger partial charge on any atom is 0.271 e. The van der Waals surface area contributed by atoms with Gasteiger partial charge in [0.25, 0.3) is 5.91 Å². The molecule has 0 bridgehead atoms. The Morgan fingerprint density at radius 2 is 2.15 bits per heavy atom. The molecule has 8 nitrogen and oxygen atoms in total. The smallest absolute Gasteiger partial charge is 0.271 e. The monoisotopic (exact) mass is 280 g/mol. The highest BCUT2D eigenvalue weighted by atomic mass is 16.2. The molecular formula is C12H20N6O2. The van der Waals surface area contributed by atoms with Crippen LogP contribution in [-0.2, 0) is 4.79 Å². The molecule has 1 unspecified atom stereocenters. The lowest BCUT2D eigenvalue weighted by Gasteiger charge is -2.11. The highest BCUT2D eigenvalue weighted by molar-refractivity contribution is 5.92. The molecule has 0 fully saturated rings. The molecule has 1 heterocycles. The largest absolute Gasteiger partial charge is 0.354 e. The molecule has 0 aliphatic heterocycles. The number of anilines is 1. The molecule has 1 atom stereocenters. The van der Waals surface area contributed by atoms with Crippen LogP contribution in [0.2, 0.25) is 0 Å². The minimum Gasteiger partial charge on any atom is -0.354 e. The van der Waals surface area contributed by atoms with E-state index < -0.39 is 5.91 Å². The molecule has 0 saturated carbocycles. The van der Waals surface area contributed by atoms with Crippen molar-refractivity contribution in [1.29, 1.82) is 0 Å². The second-order valence-corrected chi connectivity index (χ2v) is 4.32. The van der Waals surface area contributed by atoms with Gasteiger partial charge in [-0.15, -0.1) is 0 Å². The van der Waals surface area contributed by atoms with Crippen molar-refractivity contribution in [3.63, 3.8) is 0 Å². The summed E-state index contributed by atoms with van der Waals surface area (Å²) in [5.41, 5.74) is 2.45. The van der Waals surface area contributed by atoms with Gasteiger partial charge < -0.3 is 16.1 Å². The number of hydrogen-bond acceptors (Lipinski definition) is 6. The fourth-order valence-corrected chi connectivity index (χ4v) is 1.37. The van der Waals surface area contributed by atoms with Crippen LogP contribution in [0.1, 0.15) is 37.2 Å². The van der Waals surface area contributed by atoms with Gasteiger partial charge in [0.2, 0.25) is 5.91 Å². The first-order valence-electron chi connectivity index (χ1n) is 6.43. The summed E-state index contributed by atoms with van der Waals surface area (Å²) in [5.74, 6) is 4.99. The number of nitrogens with one attached hydrogen (secondary N) is 3. The van der Waals surface area contributed by atoms with Gasteiger partial charge in [-0.25, -0.2) is 10.8 Å². The number of amides is 2. The highest BCUT2D eigenvalue weighted by Crippen LogP contribution is 1.99. The van der Waals surface area contributed by atoms with Crippen molar-refractivity contribution >= 4 is 17.6 Å². The number of carbonyl (C=O) groups excluding carboxylic acids is 2. The van der Waals surface area contributed by atoms with Crippen molar-refractivity contribution < 1.29 is 9.59 Å². The average Bonchev–Trinajstić information content (AvgIpc) is 2.46. The summed E-state index contributed by atoms with van der Waals surface area (Å²) < 4.78 is 0. The molecular weight excluding hydrogens is 260 g/mol. The van der Waals surface area contributed by atoms with Crippen molar-refractivity contribution in [2.24, 2.45) is 5.84 Å². The Balaban J connectivity index is 2.38. The first-order chi connectivity index (χ1) is 9.56. The van der Waals surface area contributed by atoms with E-state index in [1.54, 1.807) is 0 Å². The number of rotatable bonds is 7. The molecule has 8 heteroatoms. The van der Waals surface area contributed by atoms with Crippen molar-refractivity contribution in [2.45, 2.75) is 32.7 Å². The second-order valence-electron chi connectivity index (χ2n) is 4.32. The second kappa shape index (κ2) is 8.05. The van der Waals surface area contributed by atoms with Gasteiger partial charge in [0.05, 0.1) is 12.4 Å². The minimum absolute atomic E-state index is 0.0943. The molecule has 5 N–H and O–H groups in total. The lowest BCUT2D eigenvalue weighted by molar-refractivity contribution is -0.121. The molecule has 0 spiro atoms. The zero-order valence-electron chi connectivity index (χ0n) is 11.6. The van der Waals surface area contributed by atoms with Crippen LogP contribution in [-0.4, -0.2) is 34.4 Å². The number of nitrogens with two attached hydrogens (primary N) is 1. The Labute approximate surface area is 117 Å². The van der Waals surface area contributed by atoms with Gasteiger partial charge in [0, 0.05) is 19.0 Å². The van der Waals surface area contributed by atoms with Crippen LogP contribution in [0, 0.1) is 0 Å². The number of nitrogens with zero attached hydrogens (tertiary/aromatic N) is 2. The molecule has 2 amide bonds. The van der Waals surface area contributed by atoms with Crippen LogP contribution < -0.4 is 21.9 Å². The van der Waals surface area contributed by atoms with Crippen LogP contribution in [0.3, 0.4) is 0 Å². The van der Waals surface area contributed by atoms with E-state index in [0.717, 1.165) is 6.42 Å². The summed E-state index contributed by atoms with van der Waals surface area (Å²) in [7, 11) is 0. The predicted octanol–water partition coefficient (Wildman–Crippen LogP) is -0.203. The van der Waals surface area contributed by atoms with E-state index in [-0.39, 0.29) is 30.6 Å². The molecule has 0 saturated heterocycles. The van der Waals surface area contributed by atoms with E-state index in [1.807, 2.05) is 13.8 Å². The van der Waals surface area contributed by atoms with Gasteiger partial charge in [0.15, 0.2) is 5.82 Å². The van der Waals surface area contributed by atoms with Crippen LogP contribution in [0.15, 0.2) is 12.4 Å². The zero-order chi connectivity index (χ0) is 15.0. The SMILES string of the molecule is CCC(C)NC(=O)CCNC(=O)c1cncc(NN)n1. The maximum atomic E-state index is 11.8. The molecule has 110 valence electrons. The lowest BCUT2D eigenvalue weighted by Crippen LogP contribution is -2.35. The van der Waals surface area contributed by atoms with Crippen LogP contribution in [0.5, 0.6) is 0 Å². The molecule has 20 heavy (non-hydrogen) atoms. The van der Waals surface area contributed by atoms with Gasteiger partial charge in [0.1, 0.15) is 5.69 Å². The number of hydrogen-bond donors (Lipinski definition) is 4. The molecule has 1 rings (SSSR count). The number of aromatic nitrogens is 2. The molecule has 0 aromatic carbocycles. The molecule has 1 aromatic rings. The van der Waals surface area contributed by atoms with Crippen molar-refractivity contribution in [2.75, 3.05) is 12.0 Å². The lowest BCUT2D eigenvalue weighted by atomic mass is 10.2. The van der Waals surface area contributed by atoms with E-state index in [0.29, 0.717) is 5.82 Å². The van der Waals surface area contributed by atoms with Gasteiger partial charge in [-0.2, -0.15) is 0 Å². The molecule has 0 aliphatic carbocycles. The van der Waals surface area contributed by atoms with E-state index in [2.05, 4.69) is 26.0 Å². The Morgan fingerprint density at radius 1 is 1.40 bits per heavy atom. The first-order valence-corrected chi connectivity index (χ1v) is 6.43. The number of nitrogen functional groups attached to an aromatic ring is 1. The van der Waals surface area contributed by atoms with Crippen LogP contribution >= 0.6 is 0 Å². The summed E-state index contributed by atoms with van der Waals surface area (Å²) in [6, 6.07) is 0.136. The molecule has 0 radical (unpaired) electrons. The third kappa shape index (κ3) is 5.19. The summed E-state index contributed by atoms with van der Waals surface area (Å²) in [6.07, 6.45) is 3.82. The highest BCUT2D eigenvalue weighted by Gasteiger charge is 2.10. The maximum absolute atomic E-state index is 11.8. The van der Waals surface area contributed by atoms with Gasteiger partial charge >= 0.3 is 0 Å². The fraction of sp³-hybridized carbons (Fsp3) is 0.500.